The van der Waals surface area contributed by atoms with Crippen molar-refractivity contribution in [1.82, 2.24) is 0 Å². The summed E-state index contributed by atoms with van der Waals surface area (Å²) in [5.41, 5.74) is 5.36. The fourth-order valence-electron chi connectivity index (χ4n) is 5.76. The third-order valence-corrected chi connectivity index (χ3v) is 10.4. The van der Waals surface area contributed by atoms with E-state index in [1.807, 2.05) is 6.08 Å². The van der Waals surface area contributed by atoms with E-state index in [-0.39, 0.29) is 13.0 Å². The lowest BCUT2D eigenvalue weighted by atomic mass is 10.1. The second kappa shape index (κ2) is 48.1. The standard InChI is InChI=1S/C54H86NO9P/c1-3-5-7-9-11-13-15-17-19-21-23-25-26-27-28-30-32-34-36-38-40-42-44-46-53(56)64-51(49-62-65(59,60)63-50-52(55)54(57)58)48-61-47-45-43-41-39-37-35-33-31-29-24-22-20-18-16-14-12-10-8-6-4-2/h5-8,11-14,17-20,23-25,27-29,32,34,38,40,51-52H,3-4,9-10,15-16,21-22,26,30-31,33,35-37,39,41-50,55H2,1-2H3,(H,57,58)(H,59,60)/b7-5-,8-6-,13-11-,14-12-,19-17-,20-18-,25-23-,28-27-,29-24-,34-32-,40-38-. The van der Waals surface area contributed by atoms with Crippen molar-refractivity contribution >= 4 is 19.8 Å². The van der Waals surface area contributed by atoms with Gasteiger partial charge in [-0.2, -0.15) is 0 Å². The fraction of sp³-hybridized carbons (Fsp3) is 0.556. The second-order valence-corrected chi connectivity index (χ2v) is 16.9. The zero-order chi connectivity index (χ0) is 47.6. The highest BCUT2D eigenvalue weighted by Crippen LogP contribution is 2.43. The number of carboxylic acid groups (broad SMARTS) is 1. The number of hydrogen-bond donors (Lipinski definition) is 3. The van der Waals surface area contributed by atoms with E-state index in [9.17, 15) is 19.0 Å². The monoisotopic (exact) mass is 924 g/mol. The molecule has 0 aliphatic rings. The van der Waals surface area contributed by atoms with Crippen molar-refractivity contribution in [2.24, 2.45) is 5.73 Å². The minimum atomic E-state index is -4.65. The molecule has 0 fully saturated rings. The summed E-state index contributed by atoms with van der Waals surface area (Å²) in [7, 11) is -4.65. The molecule has 3 atom stereocenters. The first-order valence-electron chi connectivity index (χ1n) is 24.2. The Morgan fingerprint density at radius 2 is 0.846 bits per heavy atom. The predicted octanol–water partition coefficient (Wildman–Crippen LogP) is 14.2. The first-order valence-corrected chi connectivity index (χ1v) is 25.7. The Morgan fingerprint density at radius 3 is 1.26 bits per heavy atom. The normalized spacial score (nSPS) is 14.9. The molecule has 0 saturated heterocycles. The molecule has 0 aliphatic carbocycles. The van der Waals surface area contributed by atoms with Gasteiger partial charge in [-0.1, -0.05) is 180 Å². The third kappa shape index (κ3) is 47.9. The Balaban J connectivity index is 4.36. The minimum absolute atomic E-state index is 0.0243. The number of esters is 1. The summed E-state index contributed by atoms with van der Waals surface area (Å²) in [5.74, 6) is -1.86. The van der Waals surface area contributed by atoms with Crippen LogP contribution in [0.25, 0.3) is 0 Å². The molecule has 0 bridgehead atoms. The van der Waals surface area contributed by atoms with Crippen LogP contribution in [0.2, 0.25) is 0 Å². The maximum Gasteiger partial charge on any atom is 0.472 e. The molecule has 3 unspecified atom stereocenters. The highest BCUT2D eigenvalue weighted by molar-refractivity contribution is 7.47. The van der Waals surface area contributed by atoms with Gasteiger partial charge in [-0.15, -0.1) is 0 Å². The van der Waals surface area contributed by atoms with Crippen LogP contribution >= 0.6 is 7.82 Å². The molecule has 366 valence electrons. The van der Waals surface area contributed by atoms with Crippen LogP contribution in [0.1, 0.15) is 155 Å². The minimum Gasteiger partial charge on any atom is -0.480 e. The third-order valence-electron chi connectivity index (χ3n) is 9.43. The molecule has 0 aromatic carbocycles. The lowest BCUT2D eigenvalue weighted by molar-refractivity contribution is -0.154. The summed E-state index contributed by atoms with van der Waals surface area (Å²) >= 11 is 0. The highest BCUT2D eigenvalue weighted by Gasteiger charge is 2.27. The molecule has 0 aromatic rings. The van der Waals surface area contributed by atoms with Crippen LogP contribution in [0.5, 0.6) is 0 Å². The first kappa shape index (κ1) is 61.1. The summed E-state index contributed by atoms with van der Waals surface area (Å²) in [6.45, 7) is 3.53. The van der Waals surface area contributed by atoms with Gasteiger partial charge in [-0.25, -0.2) is 4.57 Å². The van der Waals surface area contributed by atoms with Crippen molar-refractivity contribution < 1.29 is 42.7 Å². The van der Waals surface area contributed by atoms with Crippen molar-refractivity contribution in [3.63, 3.8) is 0 Å². The summed E-state index contributed by atoms with van der Waals surface area (Å²) in [6, 6.07) is -1.49. The van der Waals surface area contributed by atoms with Gasteiger partial charge in [-0.3, -0.25) is 18.6 Å². The van der Waals surface area contributed by atoms with Gasteiger partial charge in [0.1, 0.15) is 12.1 Å². The fourth-order valence-corrected chi connectivity index (χ4v) is 6.54. The van der Waals surface area contributed by atoms with E-state index in [1.165, 1.54) is 19.3 Å². The molecule has 0 saturated carbocycles. The van der Waals surface area contributed by atoms with E-state index >= 15 is 0 Å². The summed E-state index contributed by atoms with van der Waals surface area (Å²) in [4.78, 5) is 33.6. The van der Waals surface area contributed by atoms with Gasteiger partial charge in [0.25, 0.3) is 0 Å². The molecule has 0 aromatic heterocycles. The van der Waals surface area contributed by atoms with Crippen LogP contribution in [0, 0.1) is 0 Å². The molecule has 0 rings (SSSR count). The zero-order valence-electron chi connectivity index (χ0n) is 40.0. The van der Waals surface area contributed by atoms with Gasteiger partial charge in [0, 0.05) is 13.0 Å². The zero-order valence-corrected chi connectivity index (χ0v) is 40.9. The quantitative estimate of drug-likeness (QED) is 0.0233. The maximum absolute atomic E-state index is 12.7. The van der Waals surface area contributed by atoms with E-state index in [0.29, 0.717) is 19.4 Å². The van der Waals surface area contributed by atoms with E-state index < -0.39 is 45.1 Å². The van der Waals surface area contributed by atoms with E-state index in [1.54, 1.807) is 0 Å². The van der Waals surface area contributed by atoms with E-state index in [4.69, 9.17) is 29.4 Å². The Hall–Kier alpha value is -3.89. The molecule has 0 amide bonds. The van der Waals surface area contributed by atoms with Gasteiger partial charge >= 0.3 is 19.8 Å². The lowest BCUT2D eigenvalue weighted by Gasteiger charge is -2.20. The van der Waals surface area contributed by atoms with Crippen LogP contribution in [0.4, 0.5) is 0 Å². The number of rotatable bonds is 44. The number of aliphatic carboxylic acids is 1. The average molecular weight is 924 g/mol. The van der Waals surface area contributed by atoms with Crippen LogP contribution in [0.3, 0.4) is 0 Å². The maximum atomic E-state index is 12.7. The smallest absolute Gasteiger partial charge is 0.472 e. The number of hydrogen-bond acceptors (Lipinski definition) is 8. The van der Waals surface area contributed by atoms with E-state index in [2.05, 4.69) is 141 Å². The number of unbranched alkanes of at least 4 members (excludes halogenated alkanes) is 8. The van der Waals surface area contributed by atoms with Crippen molar-refractivity contribution in [1.29, 1.82) is 0 Å². The largest absolute Gasteiger partial charge is 0.480 e. The number of nitrogens with two attached hydrogens (primary N) is 1. The number of phosphoric acid groups is 1. The van der Waals surface area contributed by atoms with Gasteiger partial charge in [0.2, 0.25) is 0 Å². The van der Waals surface area contributed by atoms with Crippen LogP contribution in [0.15, 0.2) is 134 Å². The highest BCUT2D eigenvalue weighted by atomic mass is 31.2. The Bertz CT molecular complexity index is 1540. The lowest BCUT2D eigenvalue weighted by Crippen LogP contribution is -2.34. The number of allylic oxidation sites excluding steroid dienone is 22. The number of carbonyl (C=O) groups excluding carboxylic acids is 1. The molecule has 11 heteroatoms. The van der Waals surface area contributed by atoms with E-state index in [0.717, 1.165) is 103 Å². The molecule has 0 heterocycles. The summed E-state index contributed by atoms with van der Waals surface area (Å²) in [5, 5.41) is 8.92. The Labute approximate surface area is 394 Å². The number of carboxylic acids is 1. The van der Waals surface area contributed by atoms with Crippen LogP contribution < -0.4 is 5.73 Å². The molecule has 4 N–H and O–H groups in total. The average Bonchev–Trinajstić information content (AvgIpc) is 3.29. The van der Waals surface area contributed by atoms with Crippen molar-refractivity contribution in [2.45, 2.75) is 167 Å². The molecule has 65 heavy (non-hydrogen) atoms. The molecule has 10 nitrogen and oxygen atoms in total. The topological polar surface area (TPSA) is 155 Å². The van der Waals surface area contributed by atoms with Crippen molar-refractivity contribution in [2.75, 3.05) is 26.4 Å². The summed E-state index contributed by atoms with van der Waals surface area (Å²) < 4.78 is 33.4. The summed E-state index contributed by atoms with van der Waals surface area (Å²) in [6.07, 6.45) is 68.0. The van der Waals surface area contributed by atoms with Gasteiger partial charge < -0.3 is 25.2 Å². The molecule has 0 radical (unpaired) electrons. The SMILES string of the molecule is CC/C=C\C/C=C\C/C=C\C/C=C\C/C=C\C/C=C\C/C=C\CCCC(=O)OC(COCCCCCCCCC/C=C\C/C=C\C/C=C\C/C=C\CC)COP(=O)(O)OCC(N)C(=O)O. The molecular formula is C54H86NO9P. The van der Waals surface area contributed by atoms with Gasteiger partial charge in [0.05, 0.1) is 19.8 Å². The predicted molar refractivity (Wildman–Crippen MR) is 272 cm³/mol. The Kier molecular flexibility index (Phi) is 45.2. The van der Waals surface area contributed by atoms with Crippen molar-refractivity contribution in [3.8, 4) is 0 Å². The molecular weight excluding hydrogens is 838 g/mol. The number of ether oxygens (including phenoxy) is 2. The first-order chi connectivity index (χ1) is 31.7. The Morgan fingerprint density at radius 1 is 0.492 bits per heavy atom. The van der Waals surface area contributed by atoms with Gasteiger partial charge in [0.15, 0.2) is 0 Å². The van der Waals surface area contributed by atoms with Gasteiger partial charge in [-0.05, 0) is 103 Å². The second-order valence-electron chi connectivity index (χ2n) is 15.5. The van der Waals surface area contributed by atoms with Crippen LogP contribution in [-0.4, -0.2) is 60.5 Å². The number of phosphoric ester groups is 1. The van der Waals surface area contributed by atoms with Crippen molar-refractivity contribution in [3.05, 3.63) is 134 Å². The molecule has 0 aliphatic heterocycles. The van der Waals surface area contributed by atoms with Crippen LogP contribution in [-0.2, 0) is 32.7 Å². The molecule has 0 spiro atoms. The number of carbonyl (C=O) groups is 2.